The van der Waals surface area contributed by atoms with Crippen molar-refractivity contribution in [1.82, 2.24) is 15.1 Å². The van der Waals surface area contributed by atoms with Crippen LogP contribution in [-0.4, -0.2) is 52.1 Å². The van der Waals surface area contributed by atoms with E-state index in [0.717, 1.165) is 17.5 Å². The molecule has 1 aliphatic rings. The Kier molecular flexibility index (Phi) is 8.79. The van der Waals surface area contributed by atoms with Crippen LogP contribution in [0.15, 0.2) is 48.5 Å². The minimum Gasteiger partial charge on any atom is -0.352 e. The monoisotopic (exact) mass is 477 g/mol. The van der Waals surface area contributed by atoms with E-state index in [1.165, 1.54) is 4.90 Å². The SMILES string of the molecule is CCC(C)NC(=O)C(CC)N(Cc1ccc(C)cc1)C(=O)CCCN1C(=O)c2ccccc2C1=O. The first-order valence-corrected chi connectivity index (χ1v) is 12.4. The molecule has 0 spiro atoms. The Hall–Kier alpha value is -3.48. The Morgan fingerprint density at radius 1 is 0.943 bits per heavy atom. The number of rotatable bonds is 11. The van der Waals surface area contributed by atoms with Gasteiger partial charge in [-0.2, -0.15) is 0 Å². The van der Waals surface area contributed by atoms with Crippen LogP contribution in [0.25, 0.3) is 0 Å². The molecule has 1 heterocycles. The number of carbonyl (C=O) groups is 4. The molecule has 3 rings (SSSR count). The fourth-order valence-electron chi connectivity index (χ4n) is 4.23. The third-order valence-corrected chi connectivity index (χ3v) is 6.51. The molecule has 2 unspecified atom stereocenters. The predicted molar refractivity (Wildman–Crippen MR) is 135 cm³/mol. The Morgan fingerprint density at radius 3 is 2.09 bits per heavy atom. The summed E-state index contributed by atoms with van der Waals surface area (Å²) in [6.45, 7) is 8.32. The van der Waals surface area contributed by atoms with Crippen molar-refractivity contribution < 1.29 is 19.2 Å². The van der Waals surface area contributed by atoms with E-state index in [9.17, 15) is 19.2 Å². The molecule has 0 aliphatic carbocycles. The van der Waals surface area contributed by atoms with E-state index in [1.807, 2.05) is 52.0 Å². The van der Waals surface area contributed by atoms with E-state index >= 15 is 0 Å². The molecule has 0 radical (unpaired) electrons. The largest absolute Gasteiger partial charge is 0.352 e. The van der Waals surface area contributed by atoms with E-state index in [2.05, 4.69) is 5.32 Å². The summed E-state index contributed by atoms with van der Waals surface area (Å²) >= 11 is 0. The number of nitrogens with zero attached hydrogens (tertiary/aromatic N) is 2. The third kappa shape index (κ3) is 6.15. The highest BCUT2D eigenvalue weighted by Gasteiger charge is 2.35. The van der Waals surface area contributed by atoms with Gasteiger partial charge in [-0.25, -0.2) is 0 Å². The molecule has 4 amide bonds. The normalized spacial score (nSPS) is 14.5. The van der Waals surface area contributed by atoms with E-state index in [0.29, 0.717) is 30.5 Å². The van der Waals surface area contributed by atoms with Gasteiger partial charge in [0.1, 0.15) is 6.04 Å². The Balaban J connectivity index is 1.71. The van der Waals surface area contributed by atoms with Gasteiger partial charge in [-0.05, 0) is 50.8 Å². The number of hydrogen-bond acceptors (Lipinski definition) is 4. The summed E-state index contributed by atoms with van der Waals surface area (Å²) in [5.41, 5.74) is 2.86. The van der Waals surface area contributed by atoms with Gasteiger partial charge in [-0.1, -0.05) is 55.8 Å². The molecule has 35 heavy (non-hydrogen) atoms. The van der Waals surface area contributed by atoms with Crippen LogP contribution in [-0.2, 0) is 16.1 Å². The molecule has 1 aliphatic heterocycles. The zero-order valence-electron chi connectivity index (χ0n) is 21.0. The standard InChI is InChI=1S/C28H35N3O4/c1-5-20(4)29-26(33)24(6-2)31(18-21-15-13-19(3)14-16-21)25(32)12-9-17-30-27(34)22-10-7-8-11-23(22)28(30)35/h7-8,10-11,13-16,20,24H,5-6,9,12,17-18H2,1-4H3,(H,29,33). The summed E-state index contributed by atoms with van der Waals surface area (Å²) in [4.78, 5) is 54.5. The van der Waals surface area contributed by atoms with Crippen molar-refractivity contribution in [3.05, 3.63) is 70.8 Å². The molecule has 0 saturated carbocycles. The molecule has 7 heteroatoms. The Morgan fingerprint density at radius 2 is 1.54 bits per heavy atom. The van der Waals surface area contributed by atoms with E-state index in [-0.39, 0.29) is 42.6 Å². The summed E-state index contributed by atoms with van der Waals surface area (Å²) in [7, 11) is 0. The fourth-order valence-corrected chi connectivity index (χ4v) is 4.23. The van der Waals surface area contributed by atoms with Gasteiger partial charge in [0.05, 0.1) is 11.1 Å². The number of benzene rings is 2. The van der Waals surface area contributed by atoms with Gasteiger partial charge in [-0.3, -0.25) is 24.1 Å². The summed E-state index contributed by atoms with van der Waals surface area (Å²) in [5, 5.41) is 3.00. The molecule has 0 fully saturated rings. The second kappa shape index (κ2) is 11.8. The van der Waals surface area contributed by atoms with Gasteiger partial charge in [-0.15, -0.1) is 0 Å². The van der Waals surface area contributed by atoms with Crippen LogP contribution >= 0.6 is 0 Å². The van der Waals surface area contributed by atoms with Gasteiger partial charge in [0.2, 0.25) is 11.8 Å². The molecule has 0 bridgehead atoms. The van der Waals surface area contributed by atoms with Gasteiger partial charge in [0.25, 0.3) is 11.8 Å². The molecule has 0 aromatic heterocycles. The second-order valence-electron chi connectivity index (χ2n) is 9.16. The lowest BCUT2D eigenvalue weighted by Crippen LogP contribution is -2.50. The summed E-state index contributed by atoms with van der Waals surface area (Å²) in [5.74, 6) is -0.987. The van der Waals surface area contributed by atoms with E-state index < -0.39 is 6.04 Å². The molecule has 186 valence electrons. The number of imide groups is 1. The maximum absolute atomic E-state index is 13.4. The minimum absolute atomic E-state index is 0.0155. The average molecular weight is 478 g/mol. The van der Waals surface area contributed by atoms with Crippen LogP contribution in [0.4, 0.5) is 0 Å². The molecule has 0 saturated heterocycles. The maximum Gasteiger partial charge on any atom is 0.261 e. The number of aryl methyl sites for hydroxylation is 1. The van der Waals surface area contributed by atoms with Crippen molar-refractivity contribution in [2.24, 2.45) is 0 Å². The molecule has 1 N–H and O–H groups in total. The summed E-state index contributed by atoms with van der Waals surface area (Å²) in [6.07, 6.45) is 1.75. The third-order valence-electron chi connectivity index (χ3n) is 6.51. The van der Waals surface area contributed by atoms with Gasteiger partial charge >= 0.3 is 0 Å². The number of nitrogens with one attached hydrogen (secondary N) is 1. The molecule has 7 nitrogen and oxygen atoms in total. The number of hydrogen-bond donors (Lipinski definition) is 1. The van der Waals surface area contributed by atoms with Crippen LogP contribution in [0, 0.1) is 6.92 Å². The zero-order valence-corrected chi connectivity index (χ0v) is 21.0. The lowest BCUT2D eigenvalue weighted by Gasteiger charge is -2.31. The molecule has 2 aromatic rings. The zero-order chi connectivity index (χ0) is 25.5. The average Bonchev–Trinajstić information content (AvgIpc) is 3.09. The van der Waals surface area contributed by atoms with Crippen molar-refractivity contribution in [1.29, 1.82) is 0 Å². The first-order valence-electron chi connectivity index (χ1n) is 12.4. The topological polar surface area (TPSA) is 86.8 Å². The van der Waals surface area contributed by atoms with Crippen molar-refractivity contribution in [2.45, 2.75) is 72.0 Å². The van der Waals surface area contributed by atoms with Crippen LogP contribution in [0.1, 0.15) is 78.3 Å². The highest BCUT2D eigenvalue weighted by molar-refractivity contribution is 6.21. The first-order chi connectivity index (χ1) is 16.8. The number of amides is 4. The van der Waals surface area contributed by atoms with Gasteiger partial charge in [0, 0.05) is 25.6 Å². The fraction of sp³-hybridized carbons (Fsp3) is 0.429. The lowest BCUT2D eigenvalue weighted by atomic mass is 10.1. The van der Waals surface area contributed by atoms with Crippen LogP contribution < -0.4 is 5.32 Å². The highest BCUT2D eigenvalue weighted by atomic mass is 16.2. The second-order valence-corrected chi connectivity index (χ2v) is 9.16. The highest BCUT2D eigenvalue weighted by Crippen LogP contribution is 2.23. The molecular weight excluding hydrogens is 442 g/mol. The predicted octanol–water partition coefficient (Wildman–Crippen LogP) is 4.09. The summed E-state index contributed by atoms with van der Waals surface area (Å²) in [6, 6.07) is 14.1. The van der Waals surface area contributed by atoms with Gasteiger partial charge in [0.15, 0.2) is 0 Å². The van der Waals surface area contributed by atoms with Crippen molar-refractivity contribution in [3.63, 3.8) is 0 Å². The van der Waals surface area contributed by atoms with E-state index in [4.69, 9.17) is 0 Å². The summed E-state index contributed by atoms with van der Waals surface area (Å²) < 4.78 is 0. The molecular formula is C28H35N3O4. The number of fused-ring (bicyclic) bond motifs is 1. The molecule has 2 atom stereocenters. The smallest absolute Gasteiger partial charge is 0.261 e. The van der Waals surface area contributed by atoms with Crippen LogP contribution in [0.3, 0.4) is 0 Å². The van der Waals surface area contributed by atoms with Crippen molar-refractivity contribution in [3.8, 4) is 0 Å². The quantitative estimate of drug-likeness (QED) is 0.494. The molecule has 2 aromatic carbocycles. The lowest BCUT2D eigenvalue weighted by molar-refractivity contribution is -0.141. The Labute approximate surface area is 207 Å². The Bertz CT molecular complexity index is 1040. The van der Waals surface area contributed by atoms with Crippen LogP contribution in [0.2, 0.25) is 0 Å². The number of carbonyl (C=O) groups excluding carboxylic acids is 4. The van der Waals surface area contributed by atoms with Crippen LogP contribution in [0.5, 0.6) is 0 Å². The first kappa shape index (κ1) is 26.1. The maximum atomic E-state index is 13.4. The van der Waals surface area contributed by atoms with Crippen molar-refractivity contribution in [2.75, 3.05) is 6.54 Å². The van der Waals surface area contributed by atoms with E-state index in [1.54, 1.807) is 29.2 Å². The van der Waals surface area contributed by atoms with Gasteiger partial charge < -0.3 is 10.2 Å². The minimum atomic E-state index is -0.600. The van der Waals surface area contributed by atoms with Crippen molar-refractivity contribution >= 4 is 23.6 Å².